The molecule has 0 atom stereocenters. The van der Waals surface area contributed by atoms with E-state index in [1.54, 1.807) is 0 Å². The van der Waals surface area contributed by atoms with Crippen LogP contribution in [0.4, 0.5) is 0 Å². The number of ether oxygens (including phenoxy) is 3. The van der Waals surface area contributed by atoms with Gasteiger partial charge in [-0.2, -0.15) is 0 Å². The fourth-order valence-corrected chi connectivity index (χ4v) is 2.48. The highest BCUT2D eigenvalue weighted by Gasteiger charge is 2.13. The number of hydrogen-bond acceptors (Lipinski definition) is 6. The summed E-state index contributed by atoms with van der Waals surface area (Å²) in [4.78, 5) is 6.08. The van der Waals surface area contributed by atoms with Crippen LogP contribution in [0, 0.1) is 0 Å². The third-order valence-electron chi connectivity index (χ3n) is 2.93. The molecule has 2 heterocycles. The molecule has 1 aromatic carbocycles. The Morgan fingerprint density at radius 3 is 3.00 bits per heavy atom. The first-order chi connectivity index (χ1) is 10.8. The molecule has 2 N–H and O–H groups in total. The summed E-state index contributed by atoms with van der Waals surface area (Å²) >= 11 is 1.52. The first-order valence-electron chi connectivity index (χ1n) is 6.85. The lowest BCUT2D eigenvalue weighted by molar-refractivity contribution is 0.127. The summed E-state index contributed by atoms with van der Waals surface area (Å²) in [6, 6.07) is 9.31. The van der Waals surface area contributed by atoms with Crippen LogP contribution in [0.1, 0.15) is 11.3 Å². The van der Waals surface area contributed by atoms with Crippen molar-refractivity contribution in [3.8, 4) is 17.2 Å². The Labute approximate surface area is 132 Å². The Hall–Kier alpha value is -2.41. The zero-order chi connectivity index (χ0) is 15.2. The van der Waals surface area contributed by atoms with Crippen molar-refractivity contribution < 1.29 is 19.0 Å². The zero-order valence-electron chi connectivity index (χ0n) is 11.9. The number of nitrogens with two attached hydrogens (primary N) is 1. The molecule has 0 unspecified atom stereocenters. The Morgan fingerprint density at radius 2 is 2.14 bits per heavy atom. The number of hydrogen-bond donors (Lipinski definition) is 1. The first kappa shape index (κ1) is 14.5. The summed E-state index contributed by atoms with van der Waals surface area (Å²) in [6.45, 7) is 1.22. The third kappa shape index (κ3) is 3.62. The van der Waals surface area contributed by atoms with Crippen molar-refractivity contribution in [2.75, 3.05) is 20.0 Å². The molecule has 7 heteroatoms. The summed E-state index contributed by atoms with van der Waals surface area (Å²) < 4.78 is 16.1. The molecule has 0 bridgehead atoms. The molecule has 1 aliphatic heterocycles. The van der Waals surface area contributed by atoms with Gasteiger partial charge < -0.3 is 24.8 Å². The van der Waals surface area contributed by atoms with Gasteiger partial charge in [0.15, 0.2) is 17.3 Å². The molecule has 6 nitrogen and oxygen atoms in total. The van der Waals surface area contributed by atoms with Gasteiger partial charge in [0.25, 0.3) is 0 Å². The van der Waals surface area contributed by atoms with Crippen molar-refractivity contribution >= 4 is 17.2 Å². The van der Waals surface area contributed by atoms with Gasteiger partial charge in [-0.15, -0.1) is 11.3 Å². The number of thiophene rings is 1. The summed E-state index contributed by atoms with van der Waals surface area (Å²) in [5.41, 5.74) is 5.78. The van der Waals surface area contributed by atoms with Gasteiger partial charge in [-0.1, -0.05) is 11.2 Å². The monoisotopic (exact) mass is 320 g/mol. The fourth-order valence-electron chi connectivity index (χ4n) is 1.86. The lowest BCUT2D eigenvalue weighted by Gasteiger charge is -2.06. The quantitative estimate of drug-likeness (QED) is 0.367. The highest BCUT2D eigenvalue weighted by molar-refractivity contribution is 7.12. The van der Waals surface area contributed by atoms with Gasteiger partial charge in [0.2, 0.25) is 6.79 Å². The first-order valence-corrected chi connectivity index (χ1v) is 7.72. The second-order valence-corrected chi connectivity index (χ2v) is 5.45. The molecule has 0 radical (unpaired) electrons. The van der Waals surface area contributed by atoms with Crippen molar-refractivity contribution in [2.24, 2.45) is 10.9 Å². The van der Waals surface area contributed by atoms with Crippen molar-refractivity contribution in [1.29, 1.82) is 0 Å². The van der Waals surface area contributed by atoms with Crippen LogP contribution in [0.15, 0.2) is 40.9 Å². The number of oxime groups is 1. The lowest BCUT2D eigenvalue weighted by atomic mass is 10.3. The highest BCUT2D eigenvalue weighted by atomic mass is 32.1. The van der Waals surface area contributed by atoms with Crippen molar-refractivity contribution in [3.63, 3.8) is 0 Å². The summed E-state index contributed by atoms with van der Waals surface area (Å²) in [7, 11) is 0. The maximum atomic E-state index is 5.78. The maximum Gasteiger partial charge on any atom is 0.231 e. The van der Waals surface area contributed by atoms with E-state index in [1.807, 2.05) is 35.7 Å². The average molecular weight is 320 g/mol. The normalized spacial score (nSPS) is 13.2. The van der Waals surface area contributed by atoms with E-state index in [0.29, 0.717) is 31.2 Å². The van der Waals surface area contributed by atoms with Crippen LogP contribution in [0.25, 0.3) is 0 Å². The molecule has 1 aliphatic rings. The molecule has 0 saturated carbocycles. The molecule has 3 rings (SSSR count). The van der Waals surface area contributed by atoms with E-state index in [1.165, 1.54) is 11.3 Å². The van der Waals surface area contributed by atoms with Gasteiger partial charge in [0.05, 0.1) is 11.5 Å². The Kier molecular flexibility index (Phi) is 4.65. The molecule has 0 aliphatic carbocycles. The van der Waals surface area contributed by atoms with E-state index in [4.69, 9.17) is 24.8 Å². The predicted molar refractivity (Wildman–Crippen MR) is 83.7 cm³/mol. The van der Waals surface area contributed by atoms with E-state index in [9.17, 15) is 0 Å². The Bertz CT molecular complexity index is 643. The van der Waals surface area contributed by atoms with Gasteiger partial charge in [0, 0.05) is 12.5 Å². The van der Waals surface area contributed by atoms with Gasteiger partial charge in [-0.3, -0.25) is 0 Å². The van der Waals surface area contributed by atoms with Crippen molar-refractivity contribution in [3.05, 3.63) is 40.6 Å². The minimum atomic E-state index is 0.260. The molecule has 0 amide bonds. The van der Waals surface area contributed by atoms with Gasteiger partial charge >= 0.3 is 0 Å². The van der Waals surface area contributed by atoms with Gasteiger partial charge in [-0.05, 0) is 23.6 Å². The van der Waals surface area contributed by atoms with Crippen LogP contribution in [0.2, 0.25) is 0 Å². The molecule has 116 valence electrons. The van der Waals surface area contributed by atoms with E-state index < -0.39 is 0 Å². The predicted octanol–water partition coefficient (Wildman–Crippen LogP) is 2.58. The average Bonchev–Trinajstić information content (AvgIpc) is 3.20. The number of fused-ring (bicyclic) bond motifs is 1. The SMILES string of the molecule is N/C(=N\OCCCOc1ccc2c(c1)OCO2)c1cccs1. The molecule has 0 fully saturated rings. The molecular weight excluding hydrogens is 304 g/mol. The van der Waals surface area contributed by atoms with Crippen LogP contribution < -0.4 is 19.9 Å². The van der Waals surface area contributed by atoms with Crippen LogP contribution in [0.5, 0.6) is 17.2 Å². The van der Waals surface area contributed by atoms with Crippen LogP contribution >= 0.6 is 11.3 Å². The summed E-state index contributed by atoms with van der Waals surface area (Å²) in [5.74, 6) is 2.59. The molecule has 2 aromatic rings. The molecule has 0 saturated heterocycles. The largest absolute Gasteiger partial charge is 0.493 e. The fraction of sp³-hybridized carbons (Fsp3) is 0.267. The number of rotatable bonds is 7. The van der Waals surface area contributed by atoms with Crippen molar-refractivity contribution in [1.82, 2.24) is 0 Å². The second-order valence-electron chi connectivity index (χ2n) is 4.50. The number of amidine groups is 1. The Balaban J connectivity index is 1.36. The summed E-state index contributed by atoms with van der Waals surface area (Å²) in [5, 5.41) is 5.81. The Morgan fingerprint density at radius 1 is 1.23 bits per heavy atom. The molecule has 0 spiro atoms. The van der Waals surface area contributed by atoms with E-state index in [0.717, 1.165) is 16.4 Å². The van der Waals surface area contributed by atoms with Gasteiger partial charge in [0.1, 0.15) is 12.4 Å². The van der Waals surface area contributed by atoms with E-state index in [2.05, 4.69) is 5.16 Å². The van der Waals surface area contributed by atoms with Gasteiger partial charge in [-0.25, -0.2) is 0 Å². The minimum absolute atomic E-state index is 0.260. The molecular formula is C15H16N2O4S. The van der Waals surface area contributed by atoms with E-state index in [-0.39, 0.29) is 6.79 Å². The highest BCUT2D eigenvalue weighted by Crippen LogP contribution is 2.35. The molecule has 22 heavy (non-hydrogen) atoms. The molecule has 1 aromatic heterocycles. The smallest absolute Gasteiger partial charge is 0.231 e. The van der Waals surface area contributed by atoms with Crippen LogP contribution in [-0.4, -0.2) is 25.8 Å². The van der Waals surface area contributed by atoms with Crippen LogP contribution in [-0.2, 0) is 4.84 Å². The third-order valence-corrected chi connectivity index (χ3v) is 3.82. The topological polar surface area (TPSA) is 75.3 Å². The second kappa shape index (κ2) is 7.04. The van der Waals surface area contributed by atoms with E-state index >= 15 is 0 Å². The number of nitrogens with zero attached hydrogens (tertiary/aromatic N) is 1. The number of benzene rings is 1. The van der Waals surface area contributed by atoms with Crippen LogP contribution in [0.3, 0.4) is 0 Å². The summed E-state index contributed by atoms with van der Waals surface area (Å²) in [6.07, 6.45) is 0.704. The lowest BCUT2D eigenvalue weighted by Crippen LogP contribution is -2.12. The minimum Gasteiger partial charge on any atom is -0.493 e. The standard InChI is InChI=1S/C15H16N2O4S/c16-15(14-3-1-8-22-14)17-21-7-2-6-18-11-4-5-12-13(9-11)20-10-19-12/h1,3-5,8-9H,2,6-7,10H2,(H2,16,17). The van der Waals surface area contributed by atoms with Crippen molar-refractivity contribution in [2.45, 2.75) is 6.42 Å². The maximum absolute atomic E-state index is 5.78. The zero-order valence-corrected chi connectivity index (χ0v) is 12.7.